The Bertz CT molecular complexity index is 2230. The van der Waals surface area contributed by atoms with Crippen LogP contribution in [-0.4, -0.2) is 98.4 Å². The summed E-state index contributed by atoms with van der Waals surface area (Å²) < 4.78 is 36.2. The standard InChI is InChI=1S/C33H49N3O5Si.C29H45N3O3Si.CH4/c1-6-8-9-10-13-18-29(41-32(37)39-24-7-2)23-25-38-26-28(35-36-34)27-40-42(33(3,4)5,30-19-14-11-15-20-30)31-21-16-12-17-22-31;1-5-6-7-8-11-16-26(33)21-22-34-23-25(31-32-30)24-35-36(29(2,3)4,27-17-12-9-13-18-27)28-19-14-10-15-20-28;/h7,11-12,14-17,19-22,28-29H,2,6,8-10,13,18,23-27H2,1,3-5H3;9-10,12-15,17-20,25-26,33H,5-8,11,16,21-24H2,1-4H3;1H4/t28?,29-;25?,26-;/m11./s1. The number of ether oxygens (including phenoxy) is 4. The highest BCUT2D eigenvalue weighted by Crippen LogP contribution is 2.38. The van der Waals surface area contributed by atoms with Gasteiger partial charge in [0.15, 0.2) is 0 Å². The highest BCUT2D eigenvalue weighted by molar-refractivity contribution is 7.00. The highest BCUT2D eigenvalue weighted by Gasteiger charge is 2.51. The molecule has 1 N–H and O–H groups in total. The summed E-state index contributed by atoms with van der Waals surface area (Å²) in [7, 11) is -5.49. The Morgan fingerprint density at radius 1 is 0.570 bits per heavy atom. The number of aliphatic hydroxyl groups excluding tert-OH is 1. The van der Waals surface area contributed by atoms with E-state index in [4.69, 9.17) is 27.8 Å². The van der Waals surface area contributed by atoms with E-state index in [2.05, 4.69) is 155 Å². The van der Waals surface area contributed by atoms with E-state index in [-0.39, 0.29) is 62.7 Å². The molecule has 0 bridgehead atoms. The number of aliphatic hydroxyl groups is 1. The smallest absolute Gasteiger partial charge is 0.431 e. The van der Waals surface area contributed by atoms with Gasteiger partial charge in [-0.1, -0.05) is 265 Å². The average molecular weight is 1120 g/mol. The maximum Gasteiger partial charge on any atom is 0.508 e. The molecule has 0 amide bonds. The van der Waals surface area contributed by atoms with Gasteiger partial charge in [-0.2, -0.15) is 0 Å². The van der Waals surface area contributed by atoms with Gasteiger partial charge in [0, 0.05) is 36.1 Å². The van der Waals surface area contributed by atoms with E-state index < -0.39 is 34.9 Å². The zero-order chi connectivity index (χ0) is 57.0. The first-order chi connectivity index (χ1) is 37.6. The highest BCUT2D eigenvalue weighted by atomic mass is 28.4. The van der Waals surface area contributed by atoms with Crippen LogP contribution in [0.1, 0.15) is 153 Å². The maximum absolute atomic E-state index is 12.1. The van der Waals surface area contributed by atoms with Crippen LogP contribution in [0.2, 0.25) is 10.1 Å². The molecule has 0 saturated carbocycles. The van der Waals surface area contributed by atoms with E-state index in [1.165, 1.54) is 61.4 Å². The Kier molecular flexibility index (Phi) is 34.7. The van der Waals surface area contributed by atoms with Crippen LogP contribution < -0.4 is 20.7 Å². The van der Waals surface area contributed by atoms with Gasteiger partial charge >= 0.3 is 6.16 Å². The van der Waals surface area contributed by atoms with Crippen molar-refractivity contribution in [2.24, 2.45) is 10.2 Å². The summed E-state index contributed by atoms with van der Waals surface area (Å²) in [6.45, 7) is 23.1. The third kappa shape index (κ3) is 24.2. The first kappa shape index (κ1) is 69.9. The lowest BCUT2D eigenvalue weighted by atomic mass is 10.1. The van der Waals surface area contributed by atoms with E-state index in [1.807, 2.05) is 48.5 Å². The minimum absolute atomic E-state index is 0. The van der Waals surface area contributed by atoms with Gasteiger partial charge in [0.2, 0.25) is 0 Å². The molecule has 0 fully saturated rings. The Labute approximate surface area is 477 Å². The van der Waals surface area contributed by atoms with E-state index in [0.29, 0.717) is 26.1 Å². The summed E-state index contributed by atoms with van der Waals surface area (Å²) in [4.78, 5) is 18.2. The number of unbranched alkanes of at least 4 members (excludes halogenated alkanes) is 8. The Hall–Kier alpha value is -5.26. The van der Waals surface area contributed by atoms with Gasteiger partial charge in [-0.15, -0.1) is 0 Å². The number of benzene rings is 4. The van der Waals surface area contributed by atoms with Crippen molar-refractivity contribution in [1.29, 1.82) is 0 Å². The molecule has 4 aromatic carbocycles. The van der Waals surface area contributed by atoms with E-state index in [1.54, 1.807) is 0 Å². The fraction of sp³-hybridized carbons (Fsp3) is 0.571. The molecule has 0 heterocycles. The minimum Gasteiger partial charge on any atom is -0.431 e. The molecule has 0 radical (unpaired) electrons. The Morgan fingerprint density at radius 3 is 1.29 bits per heavy atom. The summed E-state index contributed by atoms with van der Waals surface area (Å²) in [5.41, 5.74) is 18.5. The predicted octanol–water partition coefficient (Wildman–Crippen LogP) is 14.7. The molecule has 0 aliphatic rings. The molecule has 436 valence electrons. The van der Waals surface area contributed by atoms with Crippen molar-refractivity contribution in [3.8, 4) is 0 Å². The van der Waals surface area contributed by atoms with Crippen molar-refractivity contribution in [1.82, 2.24) is 0 Å². The Morgan fingerprint density at radius 2 is 0.937 bits per heavy atom. The number of nitrogens with zero attached hydrogens (tertiary/aromatic N) is 6. The maximum atomic E-state index is 12.1. The second kappa shape index (κ2) is 39.2. The number of carbonyl (C=O) groups excluding carboxylic acids is 1. The molecule has 0 aliphatic heterocycles. The van der Waals surface area contributed by atoms with Crippen molar-refractivity contribution in [2.45, 2.75) is 187 Å². The summed E-state index contributed by atoms with van der Waals surface area (Å²) >= 11 is 0. The quantitative estimate of drug-likeness (QED) is 0.00877. The summed E-state index contributed by atoms with van der Waals surface area (Å²) in [5, 5.41) is 22.6. The molecular weight excluding hydrogens is 1020 g/mol. The van der Waals surface area contributed by atoms with Gasteiger partial charge < -0.3 is 32.9 Å². The number of azide groups is 2. The van der Waals surface area contributed by atoms with Crippen LogP contribution in [0.5, 0.6) is 0 Å². The fourth-order valence-electron chi connectivity index (χ4n) is 9.88. The molecule has 4 aromatic rings. The van der Waals surface area contributed by atoms with Crippen LogP contribution in [0.15, 0.2) is 144 Å². The number of rotatable bonds is 37. The normalized spacial score (nSPS) is 13.2. The minimum atomic E-state index is -2.78. The molecule has 0 spiro atoms. The third-order valence-corrected chi connectivity index (χ3v) is 23.9. The lowest BCUT2D eigenvalue weighted by molar-refractivity contribution is 0.00754. The third-order valence-electron chi connectivity index (χ3n) is 13.9. The monoisotopic (exact) mass is 1120 g/mol. The second-order valence-electron chi connectivity index (χ2n) is 22.0. The first-order valence-electron chi connectivity index (χ1n) is 28.5. The molecule has 0 saturated heterocycles. The summed E-state index contributed by atoms with van der Waals surface area (Å²) in [5.74, 6) is 0. The molecular formula is C63H98N6O8Si2. The van der Waals surface area contributed by atoms with Crippen molar-refractivity contribution in [3.05, 3.63) is 155 Å². The van der Waals surface area contributed by atoms with Gasteiger partial charge in [-0.25, -0.2) is 4.79 Å². The zero-order valence-corrected chi connectivity index (χ0v) is 50.5. The topological polar surface area (TPSA) is 190 Å². The fourth-order valence-corrected chi connectivity index (χ4v) is 19.1. The molecule has 79 heavy (non-hydrogen) atoms. The van der Waals surface area contributed by atoms with Gasteiger partial charge in [0.1, 0.15) is 12.7 Å². The number of hydrogen-bond donors (Lipinski definition) is 1. The van der Waals surface area contributed by atoms with Crippen LogP contribution in [0.3, 0.4) is 0 Å². The van der Waals surface area contributed by atoms with E-state index in [0.717, 1.165) is 42.5 Å². The van der Waals surface area contributed by atoms with Crippen molar-refractivity contribution >= 4 is 43.5 Å². The molecule has 16 heteroatoms. The van der Waals surface area contributed by atoms with Gasteiger partial charge in [-0.3, -0.25) is 0 Å². The summed E-state index contributed by atoms with van der Waals surface area (Å²) in [6.07, 6.45) is 14.4. The van der Waals surface area contributed by atoms with Crippen LogP contribution in [0, 0.1) is 0 Å². The predicted molar refractivity (Wildman–Crippen MR) is 330 cm³/mol. The van der Waals surface area contributed by atoms with Crippen LogP contribution in [0.25, 0.3) is 20.9 Å². The zero-order valence-electron chi connectivity index (χ0n) is 48.5. The van der Waals surface area contributed by atoms with Crippen molar-refractivity contribution < 1.29 is 37.7 Å². The largest absolute Gasteiger partial charge is 0.508 e. The second-order valence-corrected chi connectivity index (χ2v) is 30.7. The van der Waals surface area contributed by atoms with Crippen LogP contribution in [0.4, 0.5) is 4.79 Å². The van der Waals surface area contributed by atoms with Gasteiger partial charge in [-0.05, 0) is 67.6 Å². The molecule has 4 rings (SSSR count). The lowest BCUT2D eigenvalue weighted by Crippen LogP contribution is -2.67. The van der Waals surface area contributed by atoms with E-state index >= 15 is 0 Å². The van der Waals surface area contributed by atoms with Crippen molar-refractivity contribution in [2.75, 3.05) is 46.2 Å². The molecule has 2 unspecified atom stereocenters. The number of carbonyl (C=O) groups is 1. The van der Waals surface area contributed by atoms with Crippen LogP contribution >= 0.6 is 0 Å². The Balaban J connectivity index is 0.000000539. The van der Waals surface area contributed by atoms with E-state index in [9.17, 15) is 21.0 Å². The molecule has 4 atom stereocenters. The molecule has 14 nitrogen and oxygen atoms in total. The molecule has 0 aromatic heterocycles. The van der Waals surface area contributed by atoms with Gasteiger partial charge in [0.25, 0.3) is 16.6 Å². The molecule has 0 aliphatic carbocycles. The van der Waals surface area contributed by atoms with Gasteiger partial charge in [0.05, 0.1) is 38.0 Å². The SMILES string of the molecule is C.C=CCOC(=O)O[C@H](CCCCCCC)CCOCC(CO[Si](c1ccccc1)(c1ccccc1)C(C)(C)C)N=[N+]=[N-].CCCCCCC[C@@H](O)CCOCC(CO[Si](c1ccccc1)(c1ccccc1)C(C)(C)C)N=[N+]=[N-]. The van der Waals surface area contributed by atoms with Crippen molar-refractivity contribution in [3.63, 3.8) is 0 Å². The average Bonchev–Trinajstić information content (AvgIpc) is 3.53. The van der Waals surface area contributed by atoms with Crippen LogP contribution in [-0.2, 0) is 27.8 Å². The first-order valence-corrected chi connectivity index (χ1v) is 32.3. The lowest BCUT2D eigenvalue weighted by Gasteiger charge is -2.43. The summed E-state index contributed by atoms with van der Waals surface area (Å²) in [6, 6.07) is 40.6. The number of hydrogen-bond acceptors (Lipinski definition) is 10.